The average Bonchev–Trinajstić information content (AvgIpc) is 2.34. The molecule has 0 aromatic carbocycles. The third-order valence-electron chi connectivity index (χ3n) is 1.21. The van der Waals surface area contributed by atoms with Gasteiger partial charge in [-0.25, -0.2) is 4.79 Å². The Hall–Kier alpha value is -1.46. The van der Waals surface area contributed by atoms with Crippen LogP contribution in [0.1, 0.15) is 0 Å². The number of carboxylic acids is 1. The van der Waals surface area contributed by atoms with Gasteiger partial charge in [0.2, 0.25) is 5.96 Å². The van der Waals surface area contributed by atoms with Crippen molar-refractivity contribution in [1.82, 2.24) is 10.6 Å². The fourth-order valence-electron chi connectivity index (χ4n) is 0.698. The van der Waals surface area contributed by atoms with E-state index in [0.29, 0.717) is 12.5 Å². The van der Waals surface area contributed by atoms with Crippen molar-refractivity contribution >= 4 is 11.9 Å². The second-order valence-corrected chi connectivity index (χ2v) is 1.89. The van der Waals surface area contributed by atoms with Crippen LogP contribution in [-0.4, -0.2) is 29.6 Å². The summed E-state index contributed by atoms with van der Waals surface area (Å²) in [6.45, 7) is 0.325. The highest BCUT2D eigenvalue weighted by Crippen LogP contribution is 1.88. The maximum atomic E-state index is 10.3. The van der Waals surface area contributed by atoms with Gasteiger partial charge in [0, 0.05) is 6.54 Å². The van der Waals surface area contributed by atoms with Gasteiger partial charge in [-0.15, -0.1) is 5.10 Å². The van der Waals surface area contributed by atoms with E-state index < -0.39 is 12.0 Å². The minimum Gasteiger partial charge on any atom is -0.480 e. The summed E-state index contributed by atoms with van der Waals surface area (Å²) >= 11 is 0. The molecule has 0 saturated carbocycles. The van der Waals surface area contributed by atoms with Gasteiger partial charge in [0.15, 0.2) is 0 Å². The quantitative estimate of drug-likeness (QED) is 0.248. The molecule has 0 aliphatic carbocycles. The van der Waals surface area contributed by atoms with Gasteiger partial charge in [0.25, 0.3) is 0 Å². The zero-order valence-corrected chi connectivity index (χ0v) is 5.16. The van der Waals surface area contributed by atoms with Crippen molar-refractivity contribution in [3.8, 4) is 0 Å². The van der Waals surface area contributed by atoms with Crippen molar-refractivity contribution in [3.63, 3.8) is 0 Å². The first kappa shape index (κ1) is 6.66. The molecule has 1 saturated heterocycles. The van der Waals surface area contributed by atoms with Crippen molar-refractivity contribution in [2.75, 3.05) is 6.54 Å². The van der Waals surface area contributed by atoms with Crippen molar-refractivity contribution in [1.29, 1.82) is 0 Å². The number of hydrogen-bond acceptors (Lipinski definition) is 3. The van der Waals surface area contributed by atoms with Gasteiger partial charge >= 0.3 is 5.97 Å². The minimum atomic E-state index is -0.911. The molecule has 1 fully saturated rings. The lowest BCUT2D eigenvalue weighted by Crippen LogP contribution is -2.35. The molecule has 1 unspecified atom stereocenters. The summed E-state index contributed by atoms with van der Waals surface area (Å²) in [5.41, 5.74) is 0. The van der Waals surface area contributed by atoms with E-state index in [-0.39, 0.29) is 0 Å². The Morgan fingerprint density at radius 1 is 1.90 bits per heavy atom. The molecule has 1 heterocycles. The van der Waals surface area contributed by atoms with E-state index in [4.69, 9.17) is 10.9 Å². The Balaban J connectivity index is 2.51. The second kappa shape index (κ2) is 2.42. The molecule has 0 aromatic rings. The summed E-state index contributed by atoms with van der Waals surface area (Å²) in [5.74, 6) is 4.28. The molecule has 6 nitrogen and oxygen atoms in total. The number of nitrogens with zero attached hydrogens (tertiary/aromatic N) is 1. The van der Waals surface area contributed by atoms with E-state index in [9.17, 15) is 4.79 Å². The summed E-state index contributed by atoms with van der Waals surface area (Å²) in [6, 6.07) is -0.609. The van der Waals surface area contributed by atoms with Crippen LogP contribution in [0.3, 0.4) is 0 Å². The van der Waals surface area contributed by atoms with E-state index >= 15 is 0 Å². The minimum absolute atomic E-state index is 0.325. The zero-order chi connectivity index (χ0) is 7.56. The van der Waals surface area contributed by atoms with Gasteiger partial charge in [-0.3, -0.25) is 0 Å². The van der Waals surface area contributed by atoms with E-state index in [1.807, 2.05) is 0 Å². The van der Waals surface area contributed by atoms with Gasteiger partial charge in [0.1, 0.15) is 6.04 Å². The Morgan fingerprint density at radius 3 is 2.90 bits per heavy atom. The van der Waals surface area contributed by atoms with Crippen LogP contribution in [0.5, 0.6) is 0 Å². The second-order valence-electron chi connectivity index (χ2n) is 1.89. The van der Waals surface area contributed by atoms with Crippen molar-refractivity contribution < 1.29 is 9.90 Å². The number of carboxylic acid groups (broad SMARTS) is 1. The van der Waals surface area contributed by atoms with Crippen LogP contribution in [0.15, 0.2) is 5.10 Å². The summed E-state index contributed by atoms with van der Waals surface area (Å²) in [6.07, 6.45) is 0. The molecule has 5 N–H and O–H groups in total. The molecule has 1 aliphatic heterocycles. The molecule has 1 atom stereocenters. The predicted molar refractivity (Wildman–Crippen MR) is 34.2 cm³/mol. The molecular weight excluding hydrogens is 136 g/mol. The largest absolute Gasteiger partial charge is 0.480 e. The topological polar surface area (TPSA) is 99.7 Å². The van der Waals surface area contributed by atoms with E-state index in [0.717, 1.165) is 0 Å². The van der Waals surface area contributed by atoms with Crippen LogP contribution in [-0.2, 0) is 4.79 Å². The standard InChI is InChI=1S/C4H8N4O2/c5-8-4-6-1-2(7-4)3(9)10/h2H,1,5H2,(H,9,10)(H2,6,7,8). The number of carbonyl (C=O) groups is 1. The van der Waals surface area contributed by atoms with Crippen LogP contribution in [0, 0.1) is 0 Å². The van der Waals surface area contributed by atoms with Crippen molar-refractivity contribution in [2.24, 2.45) is 10.9 Å². The Morgan fingerprint density at radius 2 is 2.60 bits per heavy atom. The maximum absolute atomic E-state index is 10.3. The molecule has 0 aromatic heterocycles. The highest BCUT2D eigenvalue weighted by molar-refractivity contribution is 5.89. The normalized spacial score (nSPS) is 27.6. The van der Waals surface area contributed by atoms with Crippen molar-refractivity contribution in [3.05, 3.63) is 0 Å². The molecule has 0 radical (unpaired) electrons. The number of rotatable bonds is 1. The molecule has 0 amide bonds. The third kappa shape index (κ3) is 1.09. The fraction of sp³-hybridized carbons (Fsp3) is 0.500. The highest BCUT2D eigenvalue weighted by atomic mass is 16.4. The summed E-state index contributed by atoms with van der Waals surface area (Å²) in [5, 5.41) is 16.9. The van der Waals surface area contributed by atoms with E-state index in [1.54, 1.807) is 0 Å². The van der Waals surface area contributed by atoms with Gasteiger partial charge < -0.3 is 21.6 Å². The third-order valence-corrected chi connectivity index (χ3v) is 1.21. The first-order valence-corrected chi connectivity index (χ1v) is 2.75. The first-order valence-electron chi connectivity index (χ1n) is 2.75. The first-order chi connectivity index (χ1) is 4.74. The predicted octanol–water partition coefficient (Wildman–Crippen LogP) is -2.14. The zero-order valence-electron chi connectivity index (χ0n) is 5.16. The molecule has 10 heavy (non-hydrogen) atoms. The van der Waals surface area contributed by atoms with Crippen LogP contribution >= 0.6 is 0 Å². The summed E-state index contributed by atoms with van der Waals surface area (Å²) in [4.78, 5) is 10.3. The monoisotopic (exact) mass is 144 g/mol. The van der Waals surface area contributed by atoms with Crippen LogP contribution in [0.4, 0.5) is 0 Å². The summed E-state index contributed by atoms with van der Waals surface area (Å²) in [7, 11) is 0. The lowest BCUT2D eigenvalue weighted by Gasteiger charge is -1.99. The molecule has 56 valence electrons. The van der Waals surface area contributed by atoms with Crippen molar-refractivity contribution in [2.45, 2.75) is 6.04 Å². The molecule has 1 rings (SSSR count). The van der Waals surface area contributed by atoms with Crippen LogP contribution < -0.4 is 16.5 Å². The SMILES string of the molecule is NN=C1NCC(C(=O)O)N1. The Kier molecular flexibility index (Phi) is 1.61. The Bertz CT molecular complexity index is 178. The molecule has 1 aliphatic rings. The number of hydrogen-bond donors (Lipinski definition) is 4. The average molecular weight is 144 g/mol. The van der Waals surface area contributed by atoms with Gasteiger partial charge in [-0.05, 0) is 0 Å². The lowest BCUT2D eigenvalue weighted by atomic mass is 10.3. The van der Waals surface area contributed by atoms with Gasteiger partial charge in [-0.2, -0.15) is 0 Å². The number of nitrogens with two attached hydrogens (primary N) is 1. The number of aliphatic carboxylic acids is 1. The molecule has 6 heteroatoms. The van der Waals surface area contributed by atoms with Gasteiger partial charge in [0.05, 0.1) is 0 Å². The fourth-order valence-corrected chi connectivity index (χ4v) is 0.698. The highest BCUT2D eigenvalue weighted by Gasteiger charge is 2.24. The summed E-state index contributed by atoms with van der Waals surface area (Å²) < 4.78 is 0. The van der Waals surface area contributed by atoms with Crippen LogP contribution in [0.2, 0.25) is 0 Å². The molecular formula is C4H8N4O2. The van der Waals surface area contributed by atoms with E-state index in [1.165, 1.54) is 0 Å². The number of nitrogens with one attached hydrogen (secondary N) is 2. The smallest absolute Gasteiger partial charge is 0.328 e. The number of guanidine groups is 1. The Labute approximate surface area is 57.1 Å². The molecule has 0 spiro atoms. The van der Waals surface area contributed by atoms with E-state index in [2.05, 4.69) is 15.7 Å². The lowest BCUT2D eigenvalue weighted by molar-refractivity contribution is -0.138. The maximum Gasteiger partial charge on any atom is 0.328 e. The van der Waals surface area contributed by atoms with Gasteiger partial charge in [-0.1, -0.05) is 0 Å². The number of hydrazone groups is 1. The van der Waals surface area contributed by atoms with Crippen LogP contribution in [0.25, 0.3) is 0 Å². The molecule has 0 bridgehead atoms.